The van der Waals surface area contributed by atoms with Crippen LogP contribution in [0.15, 0.2) is 6.07 Å². The first-order valence-electron chi connectivity index (χ1n) is 10.5. The molecule has 0 aromatic carbocycles. The Morgan fingerprint density at radius 3 is 2.43 bits per heavy atom. The number of rotatable bonds is 3. The molecular weight excluding hydrogens is 376 g/mol. The summed E-state index contributed by atoms with van der Waals surface area (Å²) in [6, 6.07) is 2.30. The van der Waals surface area contributed by atoms with E-state index in [-0.39, 0.29) is 11.3 Å². The quantitative estimate of drug-likeness (QED) is 0.832. The van der Waals surface area contributed by atoms with Gasteiger partial charge in [0.25, 0.3) is 0 Å². The molecule has 6 nitrogen and oxygen atoms in total. The molecule has 3 heterocycles. The fourth-order valence-electron chi connectivity index (χ4n) is 5.04. The lowest BCUT2D eigenvalue weighted by molar-refractivity contribution is -0.137. The predicted molar refractivity (Wildman–Crippen MR) is 109 cm³/mol. The Kier molecular flexibility index (Phi) is 5.53. The van der Waals surface area contributed by atoms with Crippen molar-refractivity contribution >= 4 is 23.3 Å². The van der Waals surface area contributed by atoms with E-state index in [2.05, 4.69) is 41.2 Å². The Balaban J connectivity index is 1.36. The zero-order chi connectivity index (χ0) is 19.9. The molecule has 1 N–H and O–H groups in total. The van der Waals surface area contributed by atoms with E-state index in [1.807, 2.05) is 6.07 Å². The molecule has 28 heavy (non-hydrogen) atoms. The van der Waals surface area contributed by atoms with Crippen molar-refractivity contribution in [2.45, 2.75) is 57.9 Å². The van der Waals surface area contributed by atoms with Crippen LogP contribution in [0.25, 0.3) is 0 Å². The highest BCUT2D eigenvalue weighted by atomic mass is 35.5. The van der Waals surface area contributed by atoms with Crippen LogP contribution < -0.4 is 5.32 Å². The number of nitrogens with zero attached hydrogens (tertiary/aromatic N) is 3. The second-order valence-electron chi connectivity index (χ2n) is 9.64. The number of fused-ring (bicyclic) bond motifs is 1. The third-order valence-corrected chi connectivity index (χ3v) is 6.73. The van der Waals surface area contributed by atoms with Gasteiger partial charge < -0.3 is 15.0 Å². The molecule has 1 aliphatic carbocycles. The van der Waals surface area contributed by atoms with Crippen LogP contribution in [-0.4, -0.2) is 53.3 Å². The molecule has 3 atom stereocenters. The number of hydrogen-bond donors (Lipinski definition) is 1. The van der Waals surface area contributed by atoms with Crippen LogP contribution in [0.1, 0.15) is 52.0 Å². The van der Waals surface area contributed by atoms with Gasteiger partial charge in [-0.15, -0.1) is 10.2 Å². The normalized spacial score (nSPS) is 28.4. The van der Waals surface area contributed by atoms with Gasteiger partial charge in [-0.1, -0.05) is 32.4 Å². The first-order valence-corrected chi connectivity index (χ1v) is 10.9. The Bertz CT molecular complexity index is 716. The minimum Gasteiger partial charge on any atom is -0.381 e. The van der Waals surface area contributed by atoms with Crippen LogP contribution in [0.4, 0.5) is 5.82 Å². The average Bonchev–Trinajstić information content (AvgIpc) is 3.21. The lowest BCUT2D eigenvalue weighted by atomic mass is 9.87. The van der Waals surface area contributed by atoms with Gasteiger partial charge in [-0.25, -0.2) is 0 Å². The molecule has 2 aliphatic heterocycles. The second kappa shape index (κ2) is 7.79. The first kappa shape index (κ1) is 19.9. The smallest absolute Gasteiger partial charge is 0.225 e. The first-order chi connectivity index (χ1) is 13.3. The molecule has 7 heteroatoms. The molecule has 1 aromatic heterocycles. The molecule has 154 valence electrons. The van der Waals surface area contributed by atoms with Crippen LogP contribution in [0.3, 0.4) is 0 Å². The van der Waals surface area contributed by atoms with Crippen molar-refractivity contribution in [3.63, 3.8) is 0 Å². The SMILES string of the molecule is CC(C)(C)c1cc(Cl)nnc1N[C@H]1C[C@@H]2CN(C(=O)C3CCOCC3)C[C@@H]2C1. The van der Waals surface area contributed by atoms with Crippen molar-refractivity contribution < 1.29 is 9.53 Å². The average molecular weight is 407 g/mol. The summed E-state index contributed by atoms with van der Waals surface area (Å²) in [4.78, 5) is 14.9. The van der Waals surface area contributed by atoms with E-state index < -0.39 is 0 Å². The lowest BCUT2D eigenvalue weighted by Gasteiger charge is -2.28. The van der Waals surface area contributed by atoms with E-state index in [0.29, 0.717) is 28.9 Å². The summed E-state index contributed by atoms with van der Waals surface area (Å²) in [6.07, 6.45) is 3.91. The van der Waals surface area contributed by atoms with Gasteiger partial charge in [-0.2, -0.15) is 0 Å². The summed E-state index contributed by atoms with van der Waals surface area (Å²) in [5.41, 5.74) is 1.05. The molecule has 3 aliphatic rings. The minimum absolute atomic E-state index is 0.0523. The third-order valence-electron chi connectivity index (χ3n) is 6.55. The molecule has 4 rings (SSSR count). The van der Waals surface area contributed by atoms with Gasteiger partial charge in [0.15, 0.2) is 11.0 Å². The van der Waals surface area contributed by atoms with E-state index in [1.54, 1.807) is 0 Å². The number of carbonyl (C=O) groups excluding carboxylic acids is 1. The van der Waals surface area contributed by atoms with Gasteiger partial charge in [0.2, 0.25) is 5.91 Å². The molecule has 1 amide bonds. The van der Waals surface area contributed by atoms with E-state index >= 15 is 0 Å². The number of aromatic nitrogens is 2. The molecule has 1 saturated carbocycles. The number of halogens is 1. The van der Waals surface area contributed by atoms with Crippen LogP contribution in [0.2, 0.25) is 5.15 Å². The number of ether oxygens (including phenoxy) is 1. The van der Waals surface area contributed by atoms with Crippen molar-refractivity contribution in [3.8, 4) is 0 Å². The topological polar surface area (TPSA) is 67.4 Å². The van der Waals surface area contributed by atoms with Gasteiger partial charge in [0.05, 0.1) is 0 Å². The number of anilines is 1. The Morgan fingerprint density at radius 1 is 1.18 bits per heavy atom. The van der Waals surface area contributed by atoms with Crippen molar-refractivity contribution in [1.29, 1.82) is 0 Å². The van der Waals surface area contributed by atoms with E-state index in [4.69, 9.17) is 16.3 Å². The summed E-state index contributed by atoms with van der Waals surface area (Å²) in [5, 5.41) is 12.4. The fraction of sp³-hybridized carbons (Fsp3) is 0.762. The van der Waals surface area contributed by atoms with Gasteiger partial charge in [0, 0.05) is 43.8 Å². The van der Waals surface area contributed by atoms with Gasteiger partial charge in [-0.05, 0) is 49.0 Å². The monoisotopic (exact) mass is 406 g/mol. The highest BCUT2D eigenvalue weighted by molar-refractivity contribution is 6.29. The van der Waals surface area contributed by atoms with E-state index in [1.165, 1.54) is 0 Å². The molecule has 0 bridgehead atoms. The summed E-state index contributed by atoms with van der Waals surface area (Å²) in [6.45, 7) is 9.73. The highest BCUT2D eigenvalue weighted by Gasteiger charge is 2.43. The molecule has 3 fully saturated rings. The molecule has 0 spiro atoms. The number of carbonyl (C=O) groups is 1. The second-order valence-corrected chi connectivity index (χ2v) is 10.0. The number of likely N-dealkylation sites (tertiary alicyclic amines) is 1. The summed E-state index contributed by atoms with van der Waals surface area (Å²) >= 11 is 6.08. The molecule has 2 saturated heterocycles. The van der Waals surface area contributed by atoms with Crippen LogP contribution in [-0.2, 0) is 14.9 Å². The maximum Gasteiger partial charge on any atom is 0.225 e. The maximum atomic E-state index is 12.8. The lowest BCUT2D eigenvalue weighted by Crippen LogP contribution is -2.38. The Hall–Kier alpha value is -1.40. The zero-order valence-electron chi connectivity index (χ0n) is 17.1. The van der Waals surface area contributed by atoms with Crippen LogP contribution in [0, 0.1) is 17.8 Å². The van der Waals surface area contributed by atoms with Crippen molar-refractivity contribution in [3.05, 3.63) is 16.8 Å². The standard InChI is InChI=1S/C21H31ClN4O2/c1-21(2,3)17-10-18(22)24-25-19(17)23-16-8-14-11-26(12-15(14)9-16)20(27)13-4-6-28-7-5-13/h10,13-16H,4-9,11-12H2,1-3H3,(H,23,25)/t14-,15+,16+. The van der Waals surface area contributed by atoms with Crippen LogP contribution >= 0.6 is 11.6 Å². The Morgan fingerprint density at radius 2 is 1.82 bits per heavy atom. The number of hydrogen-bond acceptors (Lipinski definition) is 5. The molecule has 0 radical (unpaired) electrons. The Labute approximate surface area is 172 Å². The third kappa shape index (κ3) is 4.13. The van der Waals surface area contributed by atoms with Gasteiger partial charge in [-0.3, -0.25) is 4.79 Å². The molecular formula is C21H31ClN4O2. The zero-order valence-corrected chi connectivity index (χ0v) is 17.8. The van der Waals surface area contributed by atoms with Crippen molar-refractivity contribution in [1.82, 2.24) is 15.1 Å². The minimum atomic E-state index is -0.0523. The summed E-state index contributed by atoms with van der Waals surface area (Å²) < 4.78 is 5.40. The number of amides is 1. The maximum absolute atomic E-state index is 12.8. The van der Waals surface area contributed by atoms with Gasteiger partial charge >= 0.3 is 0 Å². The molecule has 1 aromatic rings. The van der Waals surface area contributed by atoms with E-state index in [0.717, 1.165) is 63.4 Å². The number of nitrogens with one attached hydrogen (secondary N) is 1. The predicted octanol–water partition coefficient (Wildman–Crippen LogP) is 3.50. The highest BCUT2D eigenvalue weighted by Crippen LogP contribution is 2.41. The largest absolute Gasteiger partial charge is 0.381 e. The van der Waals surface area contributed by atoms with Gasteiger partial charge in [0.1, 0.15) is 0 Å². The van der Waals surface area contributed by atoms with Crippen molar-refractivity contribution in [2.24, 2.45) is 17.8 Å². The van der Waals surface area contributed by atoms with Crippen molar-refractivity contribution in [2.75, 3.05) is 31.6 Å². The fourth-order valence-corrected chi connectivity index (χ4v) is 5.19. The van der Waals surface area contributed by atoms with E-state index in [9.17, 15) is 4.79 Å². The molecule has 0 unspecified atom stereocenters. The van der Waals surface area contributed by atoms with Crippen LogP contribution in [0.5, 0.6) is 0 Å². The summed E-state index contributed by atoms with van der Waals surface area (Å²) in [5.74, 6) is 2.53. The summed E-state index contributed by atoms with van der Waals surface area (Å²) in [7, 11) is 0.